The third kappa shape index (κ3) is 4.02. The molecular weight excluding hydrogens is 411 g/mol. The van der Waals surface area contributed by atoms with Crippen LogP contribution in [-0.4, -0.2) is 9.55 Å². The first-order chi connectivity index (χ1) is 13.6. The van der Waals surface area contributed by atoms with Crippen molar-refractivity contribution in [2.75, 3.05) is 0 Å². The SMILES string of the molecule is Cc1ccccc1Oc1cc(-n2c(=O)cc(C(F)(F)Cl)[nH]c2=O)c(F)cc1C#N. The lowest BCUT2D eigenvalue weighted by molar-refractivity contribution is 0.0892. The van der Waals surface area contributed by atoms with Gasteiger partial charge in [-0.1, -0.05) is 18.2 Å². The number of alkyl halides is 3. The predicted octanol–water partition coefficient (Wildman–Crippen LogP) is 3.93. The lowest BCUT2D eigenvalue weighted by Gasteiger charge is -2.14. The van der Waals surface area contributed by atoms with Crippen molar-refractivity contribution < 1.29 is 17.9 Å². The predicted molar refractivity (Wildman–Crippen MR) is 98.3 cm³/mol. The molecular formula is C19H11ClF3N3O3. The Labute approximate surface area is 166 Å². The van der Waals surface area contributed by atoms with Crippen LogP contribution in [0.25, 0.3) is 5.69 Å². The fraction of sp³-hybridized carbons (Fsp3) is 0.105. The van der Waals surface area contributed by atoms with Gasteiger partial charge in [0.25, 0.3) is 5.56 Å². The highest BCUT2D eigenvalue weighted by atomic mass is 35.5. The second-order valence-electron chi connectivity index (χ2n) is 5.94. The molecule has 29 heavy (non-hydrogen) atoms. The number of hydrogen-bond acceptors (Lipinski definition) is 4. The van der Waals surface area contributed by atoms with E-state index in [1.165, 1.54) is 0 Å². The normalized spacial score (nSPS) is 11.2. The summed E-state index contributed by atoms with van der Waals surface area (Å²) in [6.07, 6.45) is 0. The Hall–Kier alpha value is -3.51. The van der Waals surface area contributed by atoms with E-state index in [-0.39, 0.29) is 11.3 Å². The molecule has 3 rings (SSSR count). The monoisotopic (exact) mass is 421 g/mol. The van der Waals surface area contributed by atoms with Gasteiger partial charge >= 0.3 is 11.1 Å². The molecule has 1 N–H and O–H groups in total. The van der Waals surface area contributed by atoms with Crippen LogP contribution in [-0.2, 0) is 5.38 Å². The number of halogens is 4. The molecule has 1 heterocycles. The van der Waals surface area contributed by atoms with Crippen molar-refractivity contribution in [2.24, 2.45) is 0 Å². The van der Waals surface area contributed by atoms with Gasteiger partial charge in [-0.2, -0.15) is 14.0 Å². The molecule has 0 unspecified atom stereocenters. The van der Waals surface area contributed by atoms with E-state index >= 15 is 0 Å². The minimum absolute atomic E-state index is 0.128. The van der Waals surface area contributed by atoms with Gasteiger partial charge in [0.05, 0.1) is 11.3 Å². The number of nitrogens with zero attached hydrogens (tertiary/aromatic N) is 2. The summed E-state index contributed by atoms with van der Waals surface area (Å²) in [5.74, 6) is -0.868. The van der Waals surface area contributed by atoms with E-state index in [9.17, 15) is 28.0 Å². The summed E-state index contributed by atoms with van der Waals surface area (Å²) in [5.41, 5.74) is -3.76. The van der Waals surface area contributed by atoms with Crippen LogP contribution in [0.5, 0.6) is 11.5 Å². The first-order valence-electron chi connectivity index (χ1n) is 8.03. The van der Waals surface area contributed by atoms with Crippen molar-refractivity contribution >= 4 is 11.6 Å². The number of nitrogens with one attached hydrogen (secondary N) is 1. The van der Waals surface area contributed by atoms with Crippen molar-refractivity contribution in [3.63, 3.8) is 0 Å². The van der Waals surface area contributed by atoms with Crippen LogP contribution < -0.4 is 16.0 Å². The molecule has 0 aliphatic rings. The fourth-order valence-corrected chi connectivity index (χ4v) is 2.65. The second kappa shape index (κ2) is 7.48. The molecule has 0 aliphatic carbocycles. The van der Waals surface area contributed by atoms with Crippen LogP contribution in [0.4, 0.5) is 13.2 Å². The third-order valence-corrected chi connectivity index (χ3v) is 4.17. The van der Waals surface area contributed by atoms with Gasteiger partial charge in [0.1, 0.15) is 29.1 Å². The van der Waals surface area contributed by atoms with Gasteiger partial charge in [-0.25, -0.2) is 13.8 Å². The summed E-state index contributed by atoms with van der Waals surface area (Å²) in [4.78, 5) is 26.1. The molecule has 0 amide bonds. The molecule has 0 saturated heterocycles. The molecule has 0 spiro atoms. The molecule has 1 aromatic heterocycles. The number of nitriles is 1. The number of aryl methyl sites for hydroxylation is 1. The highest BCUT2D eigenvalue weighted by molar-refractivity contribution is 6.21. The topological polar surface area (TPSA) is 87.9 Å². The molecule has 6 nitrogen and oxygen atoms in total. The number of ether oxygens (including phenoxy) is 1. The zero-order chi connectivity index (χ0) is 21.3. The van der Waals surface area contributed by atoms with E-state index in [1.54, 1.807) is 42.2 Å². The maximum Gasteiger partial charge on any atom is 0.362 e. The average Bonchev–Trinajstić information content (AvgIpc) is 2.64. The molecule has 0 fully saturated rings. The third-order valence-electron chi connectivity index (χ3n) is 3.96. The molecule has 0 bridgehead atoms. The number of para-hydroxylation sites is 1. The van der Waals surface area contributed by atoms with Crippen LogP contribution >= 0.6 is 11.6 Å². The van der Waals surface area contributed by atoms with Gasteiger partial charge < -0.3 is 9.72 Å². The molecule has 0 radical (unpaired) electrons. The summed E-state index contributed by atoms with van der Waals surface area (Å²) >= 11 is 4.82. The zero-order valence-electron chi connectivity index (χ0n) is 14.7. The Morgan fingerprint density at radius 1 is 1.17 bits per heavy atom. The van der Waals surface area contributed by atoms with Gasteiger partial charge in [0, 0.05) is 12.1 Å². The number of benzene rings is 2. The van der Waals surface area contributed by atoms with Gasteiger partial charge in [0.15, 0.2) is 0 Å². The van der Waals surface area contributed by atoms with Crippen molar-refractivity contribution in [2.45, 2.75) is 12.3 Å². The van der Waals surface area contributed by atoms with E-state index in [1.807, 2.05) is 0 Å². The average molecular weight is 422 g/mol. The summed E-state index contributed by atoms with van der Waals surface area (Å²) < 4.78 is 46.8. The number of rotatable bonds is 4. The Bertz CT molecular complexity index is 1230. The van der Waals surface area contributed by atoms with Crippen LogP contribution in [0.1, 0.15) is 16.8 Å². The standard InChI is InChI=1S/C19H11ClF3N3O3/c1-10-4-2-3-5-14(10)29-15-7-13(12(21)6-11(15)9-24)26-17(27)8-16(19(20,22)23)25-18(26)28/h2-8H,1H3,(H,25,28). The van der Waals surface area contributed by atoms with Crippen molar-refractivity contribution in [3.05, 3.63) is 85.9 Å². The minimum Gasteiger partial charge on any atom is -0.456 e. The van der Waals surface area contributed by atoms with Crippen molar-refractivity contribution in [1.82, 2.24) is 9.55 Å². The van der Waals surface area contributed by atoms with Gasteiger partial charge in [-0.15, -0.1) is 0 Å². The minimum atomic E-state index is -3.99. The second-order valence-corrected chi connectivity index (χ2v) is 6.41. The highest BCUT2D eigenvalue weighted by Gasteiger charge is 2.30. The van der Waals surface area contributed by atoms with E-state index in [0.717, 1.165) is 12.1 Å². The van der Waals surface area contributed by atoms with Gasteiger partial charge in [0.2, 0.25) is 0 Å². The number of hydrogen-bond donors (Lipinski definition) is 1. The molecule has 2 aromatic carbocycles. The molecule has 10 heteroatoms. The lowest BCUT2D eigenvalue weighted by Crippen LogP contribution is -2.36. The van der Waals surface area contributed by atoms with E-state index < -0.39 is 33.8 Å². The van der Waals surface area contributed by atoms with E-state index in [0.29, 0.717) is 21.9 Å². The number of aromatic nitrogens is 2. The van der Waals surface area contributed by atoms with Gasteiger partial charge in [-0.3, -0.25) is 4.79 Å². The van der Waals surface area contributed by atoms with Crippen LogP contribution in [0.15, 0.2) is 52.1 Å². The molecule has 0 saturated carbocycles. The van der Waals surface area contributed by atoms with E-state index in [4.69, 9.17) is 16.3 Å². The lowest BCUT2D eigenvalue weighted by atomic mass is 10.1. The molecule has 0 aliphatic heterocycles. The quantitative estimate of drug-likeness (QED) is 0.647. The first-order valence-corrected chi connectivity index (χ1v) is 8.40. The van der Waals surface area contributed by atoms with Crippen LogP contribution in [0.2, 0.25) is 0 Å². The maximum absolute atomic E-state index is 14.5. The first kappa shape index (κ1) is 20.2. The molecule has 148 valence electrons. The molecule has 3 aromatic rings. The van der Waals surface area contributed by atoms with Crippen molar-refractivity contribution in [3.8, 4) is 23.3 Å². The Balaban J connectivity index is 2.20. The summed E-state index contributed by atoms with van der Waals surface area (Å²) in [6.45, 7) is 1.74. The van der Waals surface area contributed by atoms with Crippen LogP contribution in [0.3, 0.4) is 0 Å². The largest absolute Gasteiger partial charge is 0.456 e. The van der Waals surface area contributed by atoms with E-state index in [2.05, 4.69) is 0 Å². The number of H-pyrrole nitrogens is 1. The Morgan fingerprint density at radius 2 is 1.86 bits per heavy atom. The Kier molecular flexibility index (Phi) is 5.22. The van der Waals surface area contributed by atoms with Gasteiger partial charge in [-0.05, 0) is 36.2 Å². The summed E-state index contributed by atoms with van der Waals surface area (Å²) in [6, 6.07) is 10.7. The molecule has 0 atom stereocenters. The Morgan fingerprint density at radius 3 is 2.45 bits per heavy atom. The summed E-state index contributed by atoms with van der Waals surface area (Å²) in [5, 5.41) is 5.27. The van der Waals surface area contributed by atoms with Crippen LogP contribution in [0, 0.1) is 24.1 Å². The fourth-order valence-electron chi connectivity index (χ4n) is 2.55. The maximum atomic E-state index is 14.5. The smallest absolute Gasteiger partial charge is 0.362 e. The summed E-state index contributed by atoms with van der Waals surface area (Å²) in [7, 11) is 0. The van der Waals surface area contributed by atoms with Crippen molar-refractivity contribution in [1.29, 1.82) is 5.26 Å². The zero-order valence-corrected chi connectivity index (χ0v) is 15.4. The number of aromatic amines is 1. The highest BCUT2D eigenvalue weighted by Crippen LogP contribution is 2.31.